The third kappa shape index (κ3) is 47.6. The Labute approximate surface area is 712 Å². The van der Waals surface area contributed by atoms with Crippen molar-refractivity contribution in [1.82, 2.24) is 74.4 Å². The van der Waals surface area contributed by atoms with E-state index in [4.69, 9.17) is 74.5 Å². The number of guanidine groups is 4. The van der Waals surface area contributed by atoms with Crippen LogP contribution in [0.2, 0.25) is 0 Å². The lowest BCUT2D eigenvalue weighted by Crippen LogP contribution is -2.62. The molecule has 684 valence electrons. The van der Waals surface area contributed by atoms with Gasteiger partial charge in [0.2, 0.25) is 82.7 Å². The second-order valence-electron chi connectivity index (χ2n) is 27.5. The molecule has 0 aliphatic heterocycles. The molecular weight excluding hydrogens is 1640 g/mol. The summed E-state index contributed by atoms with van der Waals surface area (Å²) >= 11 is 12.7. The molecule has 0 rings (SSSR count). The van der Waals surface area contributed by atoms with E-state index in [1.165, 1.54) is 0 Å². The summed E-state index contributed by atoms with van der Waals surface area (Å²) in [6, 6.07) is -19.7. The molecule has 43 N–H and O–H groups in total. The molecule has 0 fully saturated rings. The normalized spacial score (nSPS) is 14.4. The zero-order valence-corrected chi connectivity index (χ0v) is 70.4. The lowest BCUT2D eigenvalue weighted by atomic mass is 10.0. The van der Waals surface area contributed by atoms with E-state index in [9.17, 15) is 87.2 Å². The molecule has 0 spiro atoms. The Kier molecular flexibility index (Phi) is 58.5. The van der Waals surface area contributed by atoms with E-state index in [1.807, 2.05) is 0 Å². The van der Waals surface area contributed by atoms with Gasteiger partial charge < -0.3 is 164 Å². The molecule has 0 heterocycles. The van der Waals surface area contributed by atoms with Crippen molar-refractivity contribution in [3.63, 3.8) is 0 Å². The van der Waals surface area contributed by atoms with Gasteiger partial charge in [0.25, 0.3) is 0 Å². The molecule has 0 aliphatic carbocycles. The molecule has 14 atom stereocenters. The molecule has 0 saturated carbocycles. The lowest BCUT2D eigenvalue weighted by molar-refractivity contribution is -0.142. The highest BCUT2D eigenvalue weighted by Crippen LogP contribution is 2.13. The molecule has 0 radical (unpaired) electrons. The first-order chi connectivity index (χ1) is 56.9. The first-order valence-corrected chi connectivity index (χ1v) is 41.1. The van der Waals surface area contributed by atoms with Gasteiger partial charge >= 0.3 is 5.97 Å². The number of rotatable bonds is 66. The minimum Gasteiger partial charge on any atom is -0.480 e. The van der Waals surface area contributed by atoms with Crippen molar-refractivity contribution in [2.75, 3.05) is 89.3 Å². The van der Waals surface area contributed by atoms with Gasteiger partial charge in [-0.3, -0.25) is 87.1 Å². The average Bonchev–Trinajstić information content (AvgIpc) is 0.867. The molecule has 0 aromatic heterocycles. The van der Waals surface area contributed by atoms with Gasteiger partial charge in [0.15, 0.2) is 23.8 Å². The van der Waals surface area contributed by atoms with Crippen molar-refractivity contribution in [2.24, 2.45) is 94.5 Å². The van der Waals surface area contributed by atoms with Crippen LogP contribution in [0.25, 0.3) is 0 Å². The number of hydrogen-bond donors (Lipinski definition) is 33. The number of nitrogens with one attached hydrogen (secondary N) is 14. The van der Waals surface area contributed by atoms with Crippen molar-refractivity contribution < 1.29 is 87.2 Å². The number of nitrogens with zero attached hydrogens (tertiary/aromatic N) is 4. The number of aliphatic hydroxyl groups excluding tert-OH is 2. The third-order valence-electron chi connectivity index (χ3n) is 17.6. The van der Waals surface area contributed by atoms with Crippen LogP contribution in [-0.2, 0) is 71.9 Å². The van der Waals surface area contributed by atoms with E-state index in [2.05, 4.69) is 132 Å². The van der Waals surface area contributed by atoms with Gasteiger partial charge in [-0.15, -0.1) is 0 Å². The first-order valence-electron chi connectivity index (χ1n) is 39.2. The van der Waals surface area contributed by atoms with E-state index in [1.54, 1.807) is 0 Å². The van der Waals surface area contributed by atoms with Gasteiger partial charge in [-0.05, 0) is 162 Å². The highest BCUT2D eigenvalue weighted by Gasteiger charge is 2.38. The third-order valence-corrected chi connectivity index (χ3v) is 18.7. The Bertz CT molecular complexity index is 3360. The average molecular weight is 1770 g/mol. The summed E-state index contributed by atoms with van der Waals surface area (Å²) in [4.78, 5) is 222. The van der Waals surface area contributed by atoms with Gasteiger partial charge in [-0.2, -0.15) is 37.9 Å². The van der Waals surface area contributed by atoms with E-state index < -0.39 is 205 Å². The van der Waals surface area contributed by atoms with Crippen LogP contribution in [0.5, 0.6) is 0 Å². The number of nitrogens with two attached hydrogens (primary N) is 13. The van der Waals surface area contributed by atoms with Gasteiger partial charge in [-0.25, -0.2) is 4.79 Å². The Balaban J connectivity index is 7.04. The van der Waals surface area contributed by atoms with Crippen LogP contribution in [-0.4, -0.2) is 302 Å². The number of carbonyl (C=O) groups is 15. The second-order valence-corrected chi connectivity index (χ2v) is 28.6. The summed E-state index contributed by atoms with van der Waals surface area (Å²) < 4.78 is 0. The fourth-order valence-electron chi connectivity index (χ4n) is 11.1. The number of carboxylic acid groups (broad SMARTS) is 1. The summed E-state index contributed by atoms with van der Waals surface area (Å²) in [6.07, 6.45) is 0.596. The minimum absolute atomic E-state index is 0.00503. The number of amides is 14. The molecule has 0 unspecified atom stereocenters. The van der Waals surface area contributed by atoms with Crippen LogP contribution in [0.15, 0.2) is 20.0 Å². The lowest BCUT2D eigenvalue weighted by Gasteiger charge is -2.27. The van der Waals surface area contributed by atoms with Crippen molar-refractivity contribution >= 4 is 150 Å². The minimum atomic E-state index is -1.91. The number of aliphatic hydroxyl groups is 2. The van der Waals surface area contributed by atoms with Gasteiger partial charge in [-0.1, -0.05) is 0 Å². The first kappa shape index (κ1) is 110. The zero-order valence-electron chi connectivity index (χ0n) is 67.7. The molecular formula is C68H131N31O18S3. The van der Waals surface area contributed by atoms with Crippen molar-refractivity contribution in [3.05, 3.63) is 0 Å². The highest BCUT2D eigenvalue weighted by molar-refractivity contribution is 7.80. The predicted molar refractivity (Wildman–Crippen MR) is 456 cm³/mol. The maximum atomic E-state index is 14.5. The molecule has 0 aliphatic rings. The largest absolute Gasteiger partial charge is 0.480 e. The standard InChI is InChI=1S/C68H131N31O18S3/c1-36(101)51(99-59(111)45(32-100)95-61(113)47(34-119)96-54(106)38(14-2-6-22-69)87-49(102)30-73)63(115)93-37(18-10-26-82-65(74)75)52(104)86-31-50(103)88-39(19-11-27-83-66(76)77)53(105)89-41(16-4-8-24-71)58(110)97-48(35-120)62(114)98-46(33-118)60(112)92-43(21-13-29-85-68(80)81)56(108)91-42(20-12-28-84-67(78)79)55(107)90-40(15-3-7-23-70)57(109)94-44(64(116)117)17-5-9-25-72/h36-48,51,100-101,118-120H,2-35,69-73H2,1H3,(H,86,104)(H,87,102)(H,88,103)(H,89,105)(H,90,107)(H,91,108)(H,92,112)(H,93,115)(H,94,109)(H,95,113)(H,96,106)(H,97,110)(H,98,114)(H,99,111)(H,116,117)(H4,74,75,82)(H4,76,77,83)(H4,78,79,84)(H4,80,81,85)/t36-,37+,38+,39+,40+,41+,42+,43+,44+,45+,46+,47+,48+,51+/m1/s1. The fourth-order valence-corrected chi connectivity index (χ4v) is 11.8. The van der Waals surface area contributed by atoms with E-state index in [0.29, 0.717) is 44.9 Å². The number of unbranched alkanes of at least 4 members (excludes halogenated alkanes) is 4. The summed E-state index contributed by atoms with van der Waals surface area (Å²) in [5.41, 5.74) is 72.3. The molecule has 0 bridgehead atoms. The van der Waals surface area contributed by atoms with E-state index >= 15 is 0 Å². The second kappa shape index (κ2) is 63.9. The topological polar surface area (TPSA) is 873 Å². The number of thiol groups is 3. The van der Waals surface area contributed by atoms with Crippen molar-refractivity contribution in [2.45, 2.75) is 220 Å². The molecule has 49 nitrogen and oxygen atoms in total. The van der Waals surface area contributed by atoms with Crippen molar-refractivity contribution in [3.8, 4) is 0 Å². The number of aliphatic carboxylic acids is 1. The van der Waals surface area contributed by atoms with Crippen LogP contribution in [0.3, 0.4) is 0 Å². The number of carboxylic acids is 1. The maximum absolute atomic E-state index is 14.5. The molecule has 120 heavy (non-hydrogen) atoms. The summed E-state index contributed by atoms with van der Waals surface area (Å²) in [5, 5.41) is 65.3. The van der Waals surface area contributed by atoms with Crippen LogP contribution < -0.4 is 149 Å². The van der Waals surface area contributed by atoms with Gasteiger partial charge in [0, 0.05) is 43.4 Å². The quantitative estimate of drug-likeness (QED) is 0.0116. The highest BCUT2D eigenvalue weighted by atomic mass is 32.1. The number of aliphatic imine (C=N–C) groups is 4. The fraction of sp³-hybridized carbons (Fsp3) is 0.721. The molecule has 0 aromatic rings. The smallest absolute Gasteiger partial charge is 0.326 e. The molecule has 14 amide bonds. The van der Waals surface area contributed by atoms with Crippen LogP contribution >= 0.6 is 37.9 Å². The zero-order chi connectivity index (χ0) is 90.8. The molecule has 0 saturated heterocycles. The summed E-state index contributed by atoms with van der Waals surface area (Å²) in [7, 11) is 0. The monoisotopic (exact) mass is 1770 g/mol. The van der Waals surface area contributed by atoms with Crippen LogP contribution in [0.4, 0.5) is 0 Å². The predicted octanol–water partition coefficient (Wildman–Crippen LogP) is -13.7. The Hall–Kier alpha value is -10.1. The maximum Gasteiger partial charge on any atom is 0.326 e. The molecule has 0 aromatic carbocycles. The van der Waals surface area contributed by atoms with E-state index in [0.717, 1.165) is 6.92 Å². The number of hydrogen-bond acceptors (Lipinski definition) is 29. The summed E-state index contributed by atoms with van der Waals surface area (Å²) in [6.45, 7) is -0.680. The number of carbonyl (C=O) groups excluding carboxylic acids is 14. The van der Waals surface area contributed by atoms with Gasteiger partial charge in [0.05, 0.1) is 25.8 Å². The Morgan fingerprint density at radius 2 is 0.533 bits per heavy atom. The molecule has 52 heteroatoms. The summed E-state index contributed by atoms with van der Waals surface area (Å²) in [5.74, 6) is -17.4. The van der Waals surface area contributed by atoms with Crippen LogP contribution in [0, 0.1) is 0 Å². The van der Waals surface area contributed by atoms with Gasteiger partial charge in [0.1, 0.15) is 78.5 Å². The van der Waals surface area contributed by atoms with Crippen LogP contribution in [0.1, 0.15) is 135 Å². The SMILES string of the molecule is C[C@@H](O)[C@H](NC(=O)[C@H](CO)NC(=O)[C@H](CS)NC(=O)[C@H](CCCCN)NC(=O)CN)C(=O)N[C@@H](CCCN=C(N)N)C(=O)NCC(=O)N[C@@H](CCCN=C(N)N)C(=O)N[C@@H](CCCCN)C(=O)N[C@@H](CS)C(=O)N[C@@H](CS)C(=O)N[C@@H](CCCN=C(N)N)C(=O)N[C@@H](CCCN=C(N)N)C(=O)N[C@@H](CCCCN)C(=O)N[C@@H](CCCCN)C(=O)O. The van der Waals surface area contributed by atoms with Crippen molar-refractivity contribution in [1.29, 1.82) is 0 Å². The van der Waals surface area contributed by atoms with E-state index in [-0.39, 0.29) is 165 Å². The Morgan fingerprint density at radius 1 is 0.300 bits per heavy atom. The Morgan fingerprint density at radius 3 is 0.800 bits per heavy atom.